The number of carbonyl (C=O) groups excluding carboxylic acids is 2. The van der Waals surface area contributed by atoms with Gasteiger partial charge in [-0.2, -0.15) is 13.2 Å². The van der Waals surface area contributed by atoms with Gasteiger partial charge in [0.05, 0.1) is 5.56 Å². The molecule has 0 aromatic heterocycles. The number of ketones is 1. The number of halogens is 4. The molecule has 0 spiro atoms. The predicted octanol–water partition coefficient (Wildman–Crippen LogP) is 5.45. The number of amides is 1. The Kier molecular flexibility index (Phi) is 5.62. The second kappa shape index (κ2) is 8.26. The van der Waals surface area contributed by atoms with Crippen LogP contribution in [0.2, 0.25) is 0 Å². The highest BCUT2D eigenvalue weighted by Gasteiger charge is 2.39. The first-order valence-electron chi connectivity index (χ1n) is 10.1. The molecule has 0 saturated carbocycles. The van der Waals surface area contributed by atoms with Crippen LogP contribution >= 0.6 is 0 Å². The van der Waals surface area contributed by atoms with Crippen LogP contribution in [-0.2, 0) is 15.8 Å². The lowest BCUT2D eigenvalue weighted by atomic mass is 9.74. The zero-order valence-corrected chi connectivity index (χ0v) is 17.1. The largest absolute Gasteiger partial charge is 0.416 e. The van der Waals surface area contributed by atoms with Crippen LogP contribution in [0.4, 0.5) is 23.2 Å². The van der Waals surface area contributed by atoms with E-state index in [-0.39, 0.29) is 23.3 Å². The molecule has 2 aromatic rings. The van der Waals surface area contributed by atoms with Crippen molar-refractivity contribution in [2.24, 2.45) is 0 Å². The Morgan fingerprint density at radius 1 is 1.09 bits per heavy atom. The number of alkyl halides is 3. The molecule has 0 radical (unpaired) electrons. The van der Waals surface area contributed by atoms with Crippen LogP contribution in [0.3, 0.4) is 0 Å². The first-order chi connectivity index (χ1) is 15.1. The molecule has 4 nitrogen and oxygen atoms in total. The summed E-state index contributed by atoms with van der Waals surface area (Å²) in [5.41, 5.74) is 1.27. The predicted molar refractivity (Wildman–Crippen MR) is 111 cm³/mol. The average Bonchev–Trinajstić information content (AvgIpc) is 2.74. The molecule has 166 valence electrons. The van der Waals surface area contributed by atoms with Crippen molar-refractivity contribution in [2.75, 3.05) is 5.32 Å². The zero-order chi connectivity index (χ0) is 23.0. The van der Waals surface area contributed by atoms with Crippen molar-refractivity contribution in [3.8, 4) is 0 Å². The van der Waals surface area contributed by atoms with Crippen molar-refractivity contribution in [2.45, 2.75) is 38.3 Å². The van der Waals surface area contributed by atoms with E-state index in [1.54, 1.807) is 6.92 Å². The number of dihydropyridines is 1. The number of hydrogen-bond acceptors (Lipinski definition) is 3. The molecule has 2 aromatic carbocycles. The minimum absolute atomic E-state index is 0.155. The number of Topliss-reactive ketones (excluding diaryl/α,β-unsaturated/α-hetero) is 1. The van der Waals surface area contributed by atoms with Gasteiger partial charge in [0.1, 0.15) is 5.82 Å². The third-order valence-corrected chi connectivity index (χ3v) is 5.67. The Labute approximate surface area is 182 Å². The Morgan fingerprint density at radius 2 is 1.81 bits per heavy atom. The molecule has 2 N–H and O–H groups in total. The van der Waals surface area contributed by atoms with Gasteiger partial charge >= 0.3 is 6.18 Å². The van der Waals surface area contributed by atoms with Gasteiger partial charge in [0.15, 0.2) is 5.78 Å². The Bertz CT molecular complexity index is 1150. The van der Waals surface area contributed by atoms with Crippen molar-refractivity contribution in [3.05, 3.63) is 88.0 Å². The summed E-state index contributed by atoms with van der Waals surface area (Å²) in [6.45, 7) is 1.66. The summed E-state index contributed by atoms with van der Waals surface area (Å²) in [7, 11) is 0. The first kappa shape index (κ1) is 21.8. The molecule has 0 saturated heterocycles. The molecule has 0 fully saturated rings. The zero-order valence-electron chi connectivity index (χ0n) is 17.1. The summed E-state index contributed by atoms with van der Waals surface area (Å²) < 4.78 is 53.4. The smallest absolute Gasteiger partial charge is 0.362 e. The van der Waals surface area contributed by atoms with E-state index in [9.17, 15) is 27.2 Å². The summed E-state index contributed by atoms with van der Waals surface area (Å²) in [5, 5.41) is 5.78. The molecule has 0 bridgehead atoms. The molecule has 8 heteroatoms. The van der Waals surface area contributed by atoms with E-state index in [2.05, 4.69) is 10.6 Å². The number of hydrogen-bond donors (Lipinski definition) is 2. The van der Waals surface area contributed by atoms with Gasteiger partial charge in [-0.1, -0.05) is 18.2 Å². The van der Waals surface area contributed by atoms with Crippen molar-refractivity contribution < 1.29 is 27.2 Å². The van der Waals surface area contributed by atoms with Gasteiger partial charge in [-0.05, 0) is 55.7 Å². The maximum Gasteiger partial charge on any atom is 0.416 e. The number of carbonyl (C=O) groups is 2. The van der Waals surface area contributed by atoms with Crippen LogP contribution in [0.25, 0.3) is 0 Å². The molecular weight excluding hydrogens is 424 g/mol. The molecule has 4 rings (SSSR count). The van der Waals surface area contributed by atoms with Crippen LogP contribution in [0.1, 0.15) is 43.2 Å². The second-order valence-corrected chi connectivity index (χ2v) is 7.85. The lowest BCUT2D eigenvalue weighted by Gasteiger charge is -2.34. The van der Waals surface area contributed by atoms with Crippen LogP contribution in [0.15, 0.2) is 71.1 Å². The number of rotatable bonds is 3. The van der Waals surface area contributed by atoms with Crippen molar-refractivity contribution in [3.63, 3.8) is 0 Å². The summed E-state index contributed by atoms with van der Waals surface area (Å²) in [4.78, 5) is 26.1. The number of anilines is 1. The van der Waals surface area contributed by atoms with Crippen LogP contribution in [0, 0.1) is 5.82 Å². The number of nitrogens with one attached hydrogen (secondary N) is 2. The highest BCUT2D eigenvalue weighted by Crippen LogP contribution is 2.43. The molecule has 1 atom stereocenters. The summed E-state index contributed by atoms with van der Waals surface area (Å²) in [5.74, 6) is -2.18. The van der Waals surface area contributed by atoms with Crippen molar-refractivity contribution in [1.29, 1.82) is 0 Å². The maximum atomic E-state index is 13.4. The van der Waals surface area contributed by atoms with Crippen molar-refractivity contribution in [1.82, 2.24) is 5.32 Å². The average molecular weight is 444 g/mol. The van der Waals surface area contributed by atoms with E-state index in [1.807, 2.05) is 0 Å². The van der Waals surface area contributed by atoms with Gasteiger partial charge in [0.2, 0.25) is 0 Å². The summed E-state index contributed by atoms with van der Waals surface area (Å²) in [6, 6.07) is 9.86. The molecule has 0 unspecified atom stereocenters. The van der Waals surface area contributed by atoms with Gasteiger partial charge in [-0.25, -0.2) is 4.39 Å². The molecular formula is C24H20F4N2O2. The van der Waals surface area contributed by atoms with Gasteiger partial charge < -0.3 is 10.6 Å². The van der Waals surface area contributed by atoms with Gasteiger partial charge in [0, 0.05) is 40.6 Å². The normalized spacial score (nSPS) is 18.9. The van der Waals surface area contributed by atoms with Gasteiger partial charge in [0.25, 0.3) is 5.91 Å². The summed E-state index contributed by atoms with van der Waals surface area (Å²) in [6.07, 6.45) is -3.10. The highest BCUT2D eigenvalue weighted by atomic mass is 19.4. The molecule has 1 aliphatic heterocycles. The van der Waals surface area contributed by atoms with Gasteiger partial charge in [-0.3, -0.25) is 9.59 Å². The minimum Gasteiger partial charge on any atom is -0.362 e. The lowest BCUT2D eigenvalue weighted by molar-refractivity contribution is -0.137. The third-order valence-electron chi connectivity index (χ3n) is 5.67. The van der Waals surface area contributed by atoms with Crippen LogP contribution < -0.4 is 10.6 Å². The highest BCUT2D eigenvalue weighted by molar-refractivity contribution is 6.09. The molecule has 1 heterocycles. The lowest BCUT2D eigenvalue weighted by Crippen LogP contribution is -2.35. The van der Waals surface area contributed by atoms with E-state index in [1.165, 1.54) is 36.4 Å². The van der Waals surface area contributed by atoms with Crippen LogP contribution in [0.5, 0.6) is 0 Å². The quantitative estimate of drug-likeness (QED) is 0.619. The summed E-state index contributed by atoms with van der Waals surface area (Å²) >= 11 is 0. The van der Waals surface area contributed by atoms with E-state index in [4.69, 9.17) is 0 Å². The standard InChI is InChI=1S/C24H20F4N2O2/c1-13-20(23(32)30-17-10-8-16(25)9-11-17)21(22-18(29-13)6-3-7-19(22)31)14-4-2-5-15(12-14)24(26,27)28/h2,4-5,8-12,21,29H,3,6-7H2,1H3,(H,30,32)/t21-/m1/s1. The first-order valence-corrected chi connectivity index (χ1v) is 10.1. The monoisotopic (exact) mass is 444 g/mol. The topological polar surface area (TPSA) is 58.2 Å². The van der Waals surface area contributed by atoms with Crippen LogP contribution in [-0.4, -0.2) is 11.7 Å². The number of benzene rings is 2. The van der Waals surface area contributed by atoms with E-state index in [0.717, 1.165) is 12.1 Å². The molecule has 32 heavy (non-hydrogen) atoms. The van der Waals surface area contributed by atoms with E-state index < -0.39 is 29.4 Å². The molecule has 1 aliphatic carbocycles. The Balaban J connectivity index is 1.81. The molecule has 1 amide bonds. The maximum absolute atomic E-state index is 13.4. The third kappa shape index (κ3) is 4.17. The fraction of sp³-hybridized carbons (Fsp3) is 0.250. The fourth-order valence-corrected chi connectivity index (χ4v) is 4.24. The second-order valence-electron chi connectivity index (χ2n) is 7.85. The fourth-order valence-electron chi connectivity index (χ4n) is 4.24. The van der Waals surface area contributed by atoms with Gasteiger partial charge in [-0.15, -0.1) is 0 Å². The minimum atomic E-state index is -4.56. The van der Waals surface area contributed by atoms with E-state index in [0.29, 0.717) is 35.5 Å². The van der Waals surface area contributed by atoms with E-state index >= 15 is 0 Å². The Morgan fingerprint density at radius 3 is 2.50 bits per heavy atom. The molecule has 2 aliphatic rings. The van der Waals surface area contributed by atoms with Crippen molar-refractivity contribution >= 4 is 17.4 Å². The Hall–Kier alpha value is -3.42. The SMILES string of the molecule is CC1=C(C(=O)Nc2ccc(F)cc2)[C@@H](c2cccc(C(F)(F)F)c2)C2=C(CCCC2=O)N1. The number of allylic oxidation sites excluding steroid dienone is 3.